The lowest BCUT2D eigenvalue weighted by Crippen LogP contribution is -2.25. The van der Waals surface area contributed by atoms with E-state index in [0.717, 1.165) is 34.3 Å². The van der Waals surface area contributed by atoms with Gasteiger partial charge < -0.3 is 14.9 Å². The van der Waals surface area contributed by atoms with Crippen molar-refractivity contribution in [3.63, 3.8) is 0 Å². The van der Waals surface area contributed by atoms with Crippen LogP contribution >= 0.6 is 0 Å². The molecule has 0 aliphatic heterocycles. The van der Waals surface area contributed by atoms with Crippen molar-refractivity contribution in [2.24, 2.45) is 0 Å². The number of hydrogen-bond acceptors (Lipinski definition) is 3. The molecule has 0 spiro atoms. The lowest BCUT2D eigenvalue weighted by atomic mass is 10.0. The Morgan fingerprint density at radius 2 is 1.88 bits per heavy atom. The summed E-state index contributed by atoms with van der Waals surface area (Å²) in [5, 5.41) is 3.59. The molecule has 0 radical (unpaired) electrons. The molecule has 0 fully saturated rings. The molecule has 0 aliphatic rings. The van der Waals surface area contributed by atoms with Crippen LogP contribution in [-0.2, 0) is 6.54 Å². The van der Waals surface area contributed by atoms with E-state index in [1.807, 2.05) is 24.4 Å². The number of aromatic amines is 1. The summed E-state index contributed by atoms with van der Waals surface area (Å²) in [7, 11) is 0. The molecule has 6 nitrogen and oxygen atoms in total. The molecule has 2 aromatic carbocycles. The van der Waals surface area contributed by atoms with E-state index in [1.165, 1.54) is 22.9 Å². The van der Waals surface area contributed by atoms with Crippen LogP contribution in [0.3, 0.4) is 0 Å². The van der Waals surface area contributed by atoms with Crippen LogP contribution in [-0.4, -0.2) is 20.4 Å². The Labute approximate surface area is 192 Å². The number of nitrogens with zero attached hydrogens (tertiary/aromatic N) is 2. The molecule has 0 unspecified atom stereocenters. The second-order valence-electron chi connectivity index (χ2n) is 7.74. The predicted octanol–water partition coefficient (Wildman–Crippen LogP) is 4.97. The summed E-state index contributed by atoms with van der Waals surface area (Å²) in [6, 6.07) is 17.4. The highest BCUT2D eigenvalue weighted by Crippen LogP contribution is 2.28. The molecule has 0 aliphatic carbocycles. The number of benzene rings is 2. The standard InChI is InChI=1S/C26H18F2N4O2/c27-21-9-8-16(12-22(21)28)15-32-11-3-7-23(26(32)34)31-25(33)18-5-1-4-17(13-18)20-14-30-24-19(20)6-2-10-29-24/h1-14H,15H2,(H,29,30)(H,31,33). The SMILES string of the molecule is O=C(Nc1cccn(Cc2ccc(F)c(F)c2)c1=O)c1cccc(-c2c[nH]c3ncccc23)c1. The predicted molar refractivity (Wildman–Crippen MR) is 126 cm³/mol. The minimum atomic E-state index is -0.985. The molecule has 0 saturated heterocycles. The second kappa shape index (κ2) is 8.74. The number of rotatable bonds is 5. The molecule has 3 aromatic heterocycles. The Hall–Kier alpha value is -4.59. The average molecular weight is 456 g/mol. The first-order chi connectivity index (χ1) is 16.5. The van der Waals surface area contributed by atoms with Crippen molar-refractivity contribution in [3.8, 4) is 11.1 Å². The molecule has 168 valence electrons. The van der Waals surface area contributed by atoms with Crippen LogP contribution < -0.4 is 10.9 Å². The molecule has 0 saturated carbocycles. The summed E-state index contributed by atoms with van der Waals surface area (Å²) in [5.41, 5.74) is 2.91. The molecule has 3 heterocycles. The largest absolute Gasteiger partial charge is 0.346 e. The van der Waals surface area contributed by atoms with E-state index in [0.29, 0.717) is 11.1 Å². The average Bonchev–Trinajstić information content (AvgIpc) is 3.28. The zero-order chi connectivity index (χ0) is 23.7. The van der Waals surface area contributed by atoms with Gasteiger partial charge in [0.05, 0.1) is 6.54 Å². The van der Waals surface area contributed by atoms with Crippen LogP contribution in [0.4, 0.5) is 14.5 Å². The van der Waals surface area contributed by atoms with Gasteiger partial charge in [-0.25, -0.2) is 13.8 Å². The summed E-state index contributed by atoms with van der Waals surface area (Å²) in [6.07, 6.45) is 5.06. The summed E-state index contributed by atoms with van der Waals surface area (Å²) < 4.78 is 28.0. The highest BCUT2D eigenvalue weighted by Gasteiger charge is 2.13. The Bertz CT molecular complexity index is 1590. The molecular formula is C26H18F2N4O2. The fraction of sp³-hybridized carbons (Fsp3) is 0.0385. The number of carbonyl (C=O) groups is 1. The van der Waals surface area contributed by atoms with Gasteiger partial charge in [0, 0.05) is 35.1 Å². The summed E-state index contributed by atoms with van der Waals surface area (Å²) in [6.45, 7) is 0.0316. The van der Waals surface area contributed by atoms with Crippen LogP contribution in [0.25, 0.3) is 22.2 Å². The van der Waals surface area contributed by atoms with Crippen molar-refractivity contribution in [2.45, 2.75) is 6.54 Å². The second-order valence-corrected chi connectivity index (χ2v) is 7.74. The van der Waals surface area contributed by atoms with Gasteiger partial charge in [-0.3, -0.25) is 9.59 Å². The van der Waals surface area contributed by atoms with E-state index >= 15 is 0 Å². The molecule has 1 amide bonds. The Balaban J connectivity index is 1.40. The fourth-order valence-electron chi connectivity index (χ4n) is 3.81. The third-order valence-corrected chi connectivity index (χ3v) is 5.49. The maximum absolute atomic E-state index is 13.5. The number of nitrogens with one attached hydrogen (secondary N) is 2. The van der Waals surface area contributed by atoms with Gasteiger partial charge in [-0.05, 0) is 59.7 Å². The molecular weight excluding hydrogens is 438 g/mol. The molecule has 34 heavy (non-hydrogen) atoms. The first-order valence-corrected chi connectivity index (χ1v) is 10.5. The quantitative estimate of drug-likeness (QED) is 0.392. The monoisotopic (exact) mass is 456 g/mol. The minimum Gasteiger partial charge on any atom is -0.346 e. The van der Waals surface area contributed by atoms with E-state index < -0.39 is 23.1 Å². The van der Waals surface area contributed by atoms with Crippen molar-refractivity contribution in [1.29, 1.82) is 0 Å². The zero-order valence-electron chi connectivity index (χ0n) is 17.8. The fourth-order valence-corrected chi connectivity index (χ4v) is 3.81. The Morgan fingerprint density at radius 3 is 2.74 bits per heavy atom. The maximum Gasteiger partial charge on any atom is 0.274 e. The van der Waals surface area contributed by atoms with Crippen molar-refractivity contribution in [2.75, 3.05) is 5.32 Å². The number of H-pyrrole nitrogens is 1. The third kappa shape index (κ3) is 4.09. The Kier molecular flexibility index (Phi) is 5.47. The van der Waals surface area contributed by atoms with Crippen LogP contribution in [0.15, 0.2) is 90.1 Å². The van der Waals surface area contributed by atoms with Crippen molar-refractivity contribution < 1.29 is 13.6 Å². The van der Waals surface area contributed by atoms with Crippen molar-refractivity contribution >= 4 is 22.6 Å². The molecule has 2 N–H and O–H groups in total. The van der Waals surface area contributed by atoms with E-state index in [4.69, 9.17) is 0 Å². The van der Waals surface area contributed by atoms with Gasteiger partial charge in [0.15, 0.2) is 11.6 Å². The number of carbonyl (C=O) groups excluding carboxylic acids is 1. The van der Waals surface area contributed by atoms with Gasteiger partial charge in [0.1, 0.15) is 11.3 Å². The van der Waals surface area contributed by atoms with Gasteiger partial charge in [-0.15, -0.1) is 0 Å². The number of amides is 1. The number of pyridine rings is 2. The van der Waals surface area contributed by atoms with Crippen LogP contribution in [0.5, 0.6) is 0 Å². The van der Waals surface area contributed by atoms with E-state index in [9.17, 15) is 18.4 Å². The first kappa shape index (κ1) is 21.3. The normalized spacial score (nSPS) is 11.0. The van der Waals surface area contributed by atoms with Gasteiger partial charge in [0.2, 0.25) is 0 Å². The number of anilines is 1. The molecule has 5 aromatic rings. The number of fused-ring (bicyclic) bond motifs is 1. The van der Waals surface area contributed by atoms with Gasteiger partial charge in [-0.2, -0.15) is 0 Å². The highest BCUT2D eigenvalue weighted by molar-refractivity contribution is 6.05. The molecule has 5 rings (SSSR count). The van der Waals surface area contributed by atoms with E-state index in [1.54, 1.807) is 30.5 Å². The smallest absolute Gasteiger partial charge is 0.274 e. The molecule has 8 heteroatoms. The highest BCUT2D eigenvalue weighted by atomic mass is 19.2. The van der Waals surface area contributed by atoms with Gasteiger partial charge in [-0.1, -0.05) is 18.2 Å². The summed E-state index contributed by atoms with van der Waals surface area (Å²) >= 11 is 0. The van der Waals surface area contributed by atoms with Gasteiger partial charge >= 0.3 is 0 Å². The van der Waals surface area contributed by atoms with Crippen LogP contribution in [0.1, 0.15) is 15.9 Å². The van der Waals surface area contributed by atoms with E-state index in [-0.39, 0.29) is 12.2 Å². The summed E-state index contributed by atoms with van der Waals surface area (Å²) in [4.78, 5) is 33.2. The van der Waals surface area contributed by atoms with Gasteiger partial charge in [0.25, 0.3) is 11.5 Å². The zero-order valence-corrected chi connectivity index (χ0v) is 17.8. The topological polar surface area (TPSA) is 79.8 Å². The maximum atomic E-state index is 13.5. The van der Waals surface area contributed by atoms with Crippen LogP contribution in [0, 0.1) is 11.6 Å². The molecule has 0 atom stereocenters. The number of hydrogen-bond donors (Lipinski definition) is 2. The van der Waals surface area contributed by atoms with Crippen LogP contribution in [0.2, 0.25) is 0 Å². The lowest BCUT2D eigenvalue weighted by Gasteiger charge is -2.10. The number of aromatic nitrogens is 3. The van der Waals surface area contributed by atoms with Crippen molar-refractivity contribution in [3.05, 3.63) is 118 Å². The number of halogens is 2. The minimum absolute atomic E-state index is 0.0316. The summed E-state index contributed by atoms with van der Waals surface area (Å²) in [5.74, 6) is -2.38. The lowest BCUT2D eigenvalue weighted by molar-refractivity contribution is 0.102. The third-order valence-electron chi connectivity index (χ3n) is 5.49. The molecule has 0 bridgehead atoms. The Morgan fingerprint density at radius 1 is 1.00 bits per heavy atom. The van der Waals surface area contributed by atoms with Crippen molar-refractivity contribution in [1.82, 2.24) is 14.5 Å². The first-order valence-electron chi connectivity index (χ1n) is 10.5. The van der Waals surface area contributed by atoms with E-state index in [2.05, 4.69) is 15.3 Å².